The van der Waals surface area contributed by atoms with Crippen LogP contribution in [0.2, 0.25) is 0 Å². The molecule has 0 radical (unpaired) electrons. The first-order valence-electron chi connectivity index (χ1n) is 9.78. The van der Waals surface area contributed by atoms with Crippen molar-refractivity contribution in [3.63, 3.8) is 0 Å². The number of hydrogen-bond acceptors (Lipinski definition) is 5. The number of ether oxygens (including phenoxy) is 2. The topological polar surface area (TPSA) is 59.8 Å². The van der Waals surface area contributed by atoms with Crippen molar-refractivity contribution >= 4 is 5.91 Å². The van der Waals surface area contributed by atoms with Crippen LogP contribution >= 0.6 is 0 Å². The van der Waals surface area contributed by atoms with Crippen LogP contribution in [0.1, 0.15) is 35.9 Å². The average molecular weight is 386 g/mol. The van der Waals surface area contributed by atoms with E-state index in [1.165, 1.54) is 0 Å². The largest absolute Gasteiger partial charge is 0.493 e. The molecule has 3 rings (SSSR count). The first kappa shape index (κ1) is 20.2. The average Bonchev–Trinajstić information content (AvgIpc) is 3.20. The Morgan fingerprint density at radius 2 is 1.86 bits per heavy atom. The van der Waals surface area contributed by atoms with Crippen LogP contribution in [0.25, 0.3) is 0 Å². The summed E-state index contributed by atoms with van der Waals surface area (Å²) in [7, 11) is 3.14. The molecule has 28 heavy (non-hydrogen) atoms. The Morgan fingerprint density at radius 3 is 2.50 bits per heavy atom. The highest BCUT2D eigenvalue weighted by molar-refractivity contribution is 5.97. The zero-order valence-electron chi connectivity index (χ0n) is 17.2. The number of amides is 1. The Bertz CT molecular complexity index is 795. The van der Waals surface area contributed by atoms with Gasteiger partial charge in [0.05, 0.1) is 19.8 Å². The molecule has 0 N–H and O–H groups in total. The van der Waals surface area contributed by atoms with Gasteiger partial charge in [-0.2, -0.15) is 0 Å². The number of methoxy groups -OCH3 is 2. The molecule has 2 aromatic rings. The van der Waals surface area contributed by atoms with Gasteiger partial charge in [-0.15, -0.1) is 0 Å². The predicted molar refractivity (Wildman–Crippen MR) is 108 cm³/mol. The van der Waals surface area contributed by atoms with E-state index in [1.807, 2.05) is 23.4 Å². The molecule has 0 spiro atoms. The van der Waals surface area contributed by atoms with E-state index in [2.05, 4.69) is 28.3 Å². The van der Waals surface area contributed by atoms with E-state index < -0.39 is 0 Å². The van der Waals surface area contributed by atoms with Crippen LogP contribution in [0, 0.1) is 0 Å². The van der Waals surface area contributed by atoms with Crippen molar-refractivity contribution in [3.05, 3.63) is 42.0 Å². The second-order valence-corrected chi connectivity index (χ2v) is 7.31. The van der Waals surface area contributed by atoms with Gasteiger partial charge in [-0.1, -0.05) is 19.9 Å². The van der Waals surface area contributed by atoms with Gasteiger partial charge in [0.2, 0.25) is 0 Å². The van der Waals surface area contributed by atoms with E-state index in [1.54, 1.807) is 26.4 Å². The number of benzene rings is 1. The molecule has 1 saturated heterocycles. The van der Waals surface area contributed by atoms with Gasteiger partial charge in [-0.25, -0.2) is 4.98 Å². The summed E-state index contributed by atoms with van der Waals surface area (Å²) in [5.74, 6) is 2.61. The number of rotatable bonds is 7. The maximum Gasteiger partial charge on any atom is 0.257 e. The molecule has 1 aliphatic heterocycles. The Morgan fingerprint density at radius 1 is 1.11 bits per heavy atom. The second-order valence-electron chi connectivity index (χ2n) is 7.31. The van der Waals surface area contributed by atoms with Gasteiger partial charge < -0.3 is 18.9 Å². The van der Waals surface area contributed by atoms with Gasteiger partial charge in [-0.3, -0.25) is 9.69 Å². The minimum atomic E-state index is -0.00731. The Hall–Kier alpha value is -2.54. The van der Waals surface area contributed by atoms with Crippen molar-refractivity contribution in [2.24, 2.45) is 0 Å². The van der Waals surface area contributed by atoms with Crippen LogP contribution in [0.5, 0.6) is 11.5 Å². The molecule has 0 bridgehead atoms. The Balaban J connectivity index is 1.57. The zero-order valence-corrected chi connectivity index (χ0v) is 17.2. The molecule has 7 nitrogen and oxygen atoms in total. The Kier molecular flexibility index (Phi) is 6.57. The number of imidazole rings is 1. The third-order valence-electron chi connectivity index (χ3n) is 5.21. The fourth-order valence-electron chi connectivity index (χ4n) is 3.66. The van der Waals surface area contributed by atoms with Crippen molar-refractivity contribution in [2.45, 2.75) is 26.3 Å². The van der Waals surface area contributed by atoms with E-state index in [4.69, 9.17) is 9.47 Å². The highest BCUT2D eigenvalue weighted by Gasteiger charge is 2.25. The number of nitrogens with zero attached hydrogens (tertiary/aromatic N) is 4. The second kappa shape index (κ2) is 9.10. The summed E-state index contributed by atoms with van der Waals surface area (Å²) in [6.07, 6.45) is 3.91. The van der Waals surface area contributed by atoms with Crippen LogP contribution in [-0.4, -0.2) is 72.2 Å². The van der Waals surface area contributed by atoms with Crippen molar-refractivity contribution < 1.29 is 14.3 Å². The fourth-order valence-corrected chi connectivity index (χ4v) is 3.66. The minimum absolute atomic E-state index is 0.00731. The number of carbonyl (C=O) groups excluding carboxylic acids is 1. The summed E-state index contributed by atoms with van der Waals surface area (Å²) in [6, 6.07) is 5.42. The van der Waals surface area contributed by atoms with E-state index in [0.29, 0.717) is 36.1 Å². The highest BCUT2D eigenvalue weighted by Crippen LogP contribution is 2.31. The first-order valence-corrected chi connectivity index (χ1v) is 9.78. The maximum absolute atomic E-state index is 13.0. The number of piperazine rings is 1. The lowest BCUT2D eigenvalue weighted by atomic mass is 10.1. The van der Waals surface area contributed by atoms with Gasteiger partial charge in [0.15, 0.2) is 11.5 Å². The van der Waals surface area contributed by atoms with E-state index >= 15 is 0 Å². The third kappa shape index (κ3) is 4.30. The normalized spacial score (nSPS) is 15.1. The molecule has 1 amide bonds. The van der Waals surface area contributed by atoms with Gasteiger partial charge in [-0.05, 0) is 12.1 Å². The molecule has 1 fully saturated rings. The summed E-state index contributed by atoms with van der Waals surface area (Å²) in [5, 5.41) is 0. The maximum atomic E-state index is 13.0. The summed E-state index contributed by atoms with van der Waals surface area (Å²) in [4.78, 5) is 21.7. The van der Waals surface area contributed by atoms with Crippen molar-refractivity contribution in [1.82, 2.24) is 19.4 Å². The molecular weight excluding hydrogens is 356 g/mol. The number of aromatic nitrogens is 2. The number of para-hydroxylation sites is 1. The molecule has 1 aromatic heterocycles. The lowest BCUT2D eigenvalue weighted by Crippen LogP contribution is -2.49. The fraction of sp³-hybridized carbons (Fsp3) is 0.524. The number of hydrogen-bond donors (Lipinski definition) is 0. The molecule has 1 aromatic carbocycles. The first-order chi connectivity index (χ1) is 13.5. The minimum Gasteiger partial charge on any atom is -0.493 e. The molecule has 0 saturated carbocycles. The van der Waals surface area contributed by atoms with Crippen molar-refractivity contribution in [2.75, 3.05) is 46.9 Å². The quantitative estimate of drug-likeness (QED) is 0.732. The van der Waals surface area contributed by atoms with Crippen LogP contribution in [0.15, 0.2) is 30.6 Å². The summed E-state index contributed by atoms with van der Waals surface area (Å²) >= 11 is 0. The molecule has 7 heteroatoms. The summed E-state index contributed by atoms with van der Waals surface area (Å²) in [6.45, 7) is 9.35. The van der Waals surface area contributed by atoms with Gasteiger partial charge in [0, 0.05) is 57.6 Å². The van der Waals surface area contributed by atoms with E-state index in [9.17, 15) is 4.79 Å². The highest BCUT2D eigenvalue weighted by atomic mass is 16.5. The molecule has 0 atom stereocenters. The Labute approximate surface area is 166 Å². The molecule has 1 aliphatic rings. The summed E-state index contributed by atoms with van der Waals surface area (Å²) in [5.41, 5.74) is 0.551. The van der Waals surface area contributed by atoms with Crippen LogP contribution in [-0.2, 0) is 6.54 Å². The zero-order chi connectivity index (χ0) is 20.1. The molecular formula is C21H30N4O3. The van der Waals surface area contributed by atoms with Crippen LogP contribution in [0.4, 0.5) is 0 Å². The van der Waals surface area contributed by atoms with Gasteiger partial charge in [0.25, 0.3) is 5.91 Å². The van der Waals surface area contributed by atoms with Crippen LogP contribution < -0.4 is 9.47 Å². The predicted octanol–water partition coefficient (Wildman–Crippen LogP) is 2.48. The monoisotopic (exact) mass is 386 g/mol. The SMILES string of the molecule is COc1cccc(C(=O)N2CCN(CCn3ccnc3C(C)C)CC2)c1OC. The standard InChI is InChI=1S/C21H30N4O3/c1-16(2)20-22-8-9-24(20)13-10-23-11-14-25(15-12-23)21(26)17-6-5-7-18(27-3)19(17)28-4/h5-9,16H,10-15H2,1-4H3. The summed E-state index contributed by atoms with van der Waals surface area (Å²) < 4.78 is 13.0. The smallest absolute Gasteiger partial charge is 0.257 e. The van der Waals surface area contributed by atoms with Crippen molar-refractivity contribution in [1.29, 1.82) is 0 Å². The lowest BCUT2D eigenvalue weighted by Gasteiger charge is -2.35. The van der Waals surface area contributed by atoms with Gasteiger partial charge in [0.1, 0.15) is 5.82 Å². The van der Waals surface area contributed by atoms with Gasteiger partial charge >= 0.3 is 0 Å². The van der Waals surface area contributed by atoms with Crippen molar-refractivity contribution in [3.8, 4) is 11.5 Å². The molecule has 0 unspecified atom stereocenters. The molecule has 0 aliphatic carbocycles. The van der Waals surface area contributed by atoms with Crippen LogP contribution in [0.3, 0.4) is 0 Å². The number of carbonyl (C=O) groups is 1. The van der Waals surface area contributed by atoms with E-state index in [-0.39, 0.29) is 5.91 Å². The molecule has 152 valence electrons. The van der Waals surface area contributed by atoms with E-state index in [0.717, 1.165) is 32.0 Å². The third-order valence-corrected chi connectivity index (χ3v) is 5.21. The lowest BCUT2D eigenvalue weighted by molar-refractivity contribution is 0.0629. The molecule has 2 heterocycles.